The fraction of sp³-hybridized carbons (Fsp3) is 0.609. The SMILES string of the molecule is CNCCN(C)C(=O)OCc1ccccc1O[C@@H]1O[C@H](C)[C@@H](C)[C@H](OC(C)=O)[C@H]1OC(C)=O. The van der Waals surface area contributed by atoms with Gasteiger partial charge in [-0.1, -0.05) is 25.1 Å². The number of nitrogens with zero attached hydrogens (tertiary/aromatic N) is 1. The number of nitrogens with one attached hydrogen (secondary N) is 1. The van der Waals surface area contributed by atoms with Crippen LogP contribution in [-0.4, -0.2) is 74.7 Å². The largest absolute Gasteiger partial charge is 0.460 e. The van der Waals surface area contributed by atoms with Crippen molar-refractivity contribution in [1.82, 2.24) is 10.2 Å². The third-order valence-corrected chi connectivity index (χ3v) is 5.38. The van der Waals surface area contributed by atoms with Gasteiger partial charge in [-0.05, 0) is 20.0 Å². The van der Waals surface area contributed by atoms with Crippen molar-refractivity contribution in [2.24, 2.45) is 5.92 Å². The summed E-state index contributed by atoms with van der Waals surface area (Å²) in [6.07, 6.45) is -3.55. The van der Waals surface area contributed by atoms with E-state index in [9.17, 15) is 14.4 Å². The lowest BCUT2D eigenvalue weighted by molar-refractivity contribution is -0.263. The summed E-state index contributed by atoms with van der Waals surface area (Å²) in [5, 5.41) is 2.97. The predicted octanol–water partition coefficient (Wildman–Crippen LogP) is 2.10. The topological polar surface area (TPSA) is 113 Å². The minimum atomic E-state index is -1.03. The Morgan fingerprint density at radius 3 is 2.33 bits per heavy atom. The molecule has 1 fully saturated rings. The van der Waals surface area contributed by atoms with Gasteiger partial charge in [-0.15, -0.1) is 0 Å². The summed E-state index contributed by atoms with van der Waals surface area (Å²) in [7, 11) is 3.45. The molecule has 1 amide bonds. The molecule has 1 aliphatic rings. The molecule has 1 saturated heterocycles. The monoisotopic (exact) mass is 466 g/mol. The van der Waals surface area contributed by atoms with E-state index < -0.39 is 36.5 Å². The number of likely N-dealkylation sites (N-methyl/N-ethyl adjacent to an activating group) is 2. The number of hydrogen-bond acceptors (Lipinski definition) is 9. The summed E-state index contributed by atoms with van der Waals surface area (Å²) in [5.74, 6) is -0.884. The maximum atomic E-state index is 12.2. The third kappa shape index (κ3) is 7.61. The lowest BCUT2D eigenvalue weighted by Crippen LogP contribution is -2.57. The molecule has 2 rings (SSSR count). The molecule has 184 valence electrons. The quantitative estimate of drug-likeness (QED) is 0.432. The van der Waals surface area contributed by atoms with Crippen molar-refractivity contribution in [1.29, 1.82) is 0 Å². The van der Waals surface area contributed by atoms with Crippen molar-refractivity contribution < 1.29 is 38.1 Å². The number of carbonyl (C=O) groups is 3. The van der Waals surface area contributed by atoms with E-state index in [1.807, 2.05) is 13.8 Å². The van der Waals surface area contributed by atoms with Crippen molar-refractivity contribution >= 4 is 18.0 Å². The highest BCUT2D eigenvalue weighted by Crippen LogP contribution is 2.33. The maximum absolute atomic E-state index is 12.2. The predicted molar refractivity (Wildman–Crippen MR) is 118 cm³/mol. The Morgan fingerprint density at radius 2 is 1.70 bits per heavy atom. The second kappa shape index (κ2) is 12.4. The molecule has 0 bridgehead atoms. The molecular weight excluding hydrogens is 432 g/mol. The molecule has 0 aromatic heterocycles. The third-order valence-electron chi connectivity index (χ3n) is 5.38. The van der Waals surface area contributed by atoms with Crippen molar-refractivity contribution in [3.8, 4) is 5.75 Å². The lowest BCUT2D eigenvalue weighted by Gasteiger charge is -2.43. The molecule has 10 nitrogen and oxygen atoms in total. The normalized spacial score (nSPS) is 24.5. The number of hydrogen-bond donors (Lipinski definition) is 1. The molecule has 33 heavy (non-hydrogen) atoms. The van der Waals surface area contributed by atoms with Gasteiger partial charge in [-0.25, -0.2) is 4.79 Å². The first-order valence-electron chi connectivity index (χ1n) is 10.9. The van der Waals surface area contributed by atoms with Crippen LogP contribution in [0.15, 0.2) is 24.3 Å². The number of ether oxygens (including phenoxy) is 5. The molecule has 1 aromatic rings. The Hall–Kier alpha value is -2.85. The molecule has 1 N–H and O–H groups in total. The molecule has 1 aromatic carbocycles. The van der Waals surface area contributed by atoms with Gasteiger partial charge < -0.3 is 33.9 Å². The second-order valence-corrected chi connectivity index (χ2v) is 8.02. The average molecular weight is 467 g/mol. The zero-order valence-electron chi connectivity index (χ0n) is 20.0. The minimum absolute atomic E-state index is 0.0246. The van der Waals surface area contributed by atoms with Gasteiger partial charge in [0.05, 0.1) is 6.10 Å². The number of carbonyl (C=O) groups excluding carboxylic acids is 3. The van der Waals surface area contributed by atoms with E-state index in [0.717, 1.165) is 0 Å². The first-order chi connectivity index (χ1) is 15.6. The smallest absolute Gasteiger partial charge is 0.409 e. The van der Waals surface area contributed by atoms with E-state index >= 15 is 0 Å². The van der Waals surface area contributed by atoms with Crippen LogP contribution in [0.25, 0.3) is 0 Å². The van der Waals surface area contributed by atoms with Crippen LogP contribution >= 0.6 is 0 Å². The molecule has 0 spiro atoms. The van der Waals surface area contributed by atoms with Crippen LogP contribution in [0.1, 0.15) is 33.3 Å². The minimum Gasteiger partial charge on any atom is -0.460 e. The number of esters is 2. The van der Waals surface area contributed by atoms with Gasteiger partial charge in [0, 0.05) is 45.5 Å². The maximum Gasteiger partial charge on any atom is 0.409 e. The molecular formula is C23H34N2O8. The van der Waals surface area contributed by atoms with E-state index in [1.165, 1.54) is 18.7 Å². The van der Waals surface area contributed by atoms with Gasteiger partial charge in [0.1, 0.15) is 18.5 Å². The molecule has 10 heteroatoms. The highest BCUT2D eigenvalue weighted by Gasteiger charge is 2.48. The van der Waals surface area contributed by atoms with Gasteiger partial charge in [0.2, 0.25) is 12.4 Å². The first-order valence-corrected chi connectivity index (χ1v) is 10.9. The fourth-order valence-corrected chi connectivity index (χ4v) is 3.39. The molecule has 1 heterocycles. The van der Waals surface area contributed by atoms with Crippen LogP contribution in [0.5, 0.6) is 5.75 Å². The Kier molecular flexibility index (Phi) is 9.93. The van der Waals surface area contributed by atoms with Gasteiger partial charge in [0.25, 0.3) is 0 Å². The van der Waals surface area contributed by atoms with Crippen LogP contribution in [0.2, 0.25) is 0 Å². The Bertz CT molecular complexity index is 817. The van der Waals surface area contributed by atoms with E-state index in [4.69, 9.17) is 23.7 Å². The fourth-order valence-electron chi connectivity index (χ4n) is 3.39. The van der Waals surface area contributed by atoms with Crippen LogP contribution in [-0.2, 0) is 35.1 Å². The highest BCUT2D eigenvalue weighted by molar-refractivity contribution is 5.68. The van der Waals surface area contributed by atoms with Gasteiger partial charge in [0.15, 0.2) is 0 Å². The molecule has 0 saturated carbocycles. The van der Waals surface area contributed by atoms with Crippen LogP contribution in [0.4, 0.5) is 4.79 Å². The summed E-state index contributed by atoms with van der Waals surface area (Å²) in [6.45, 7) is 7.36. The van der Waals surface area contributed by atoms with E-state index in [2.05, 4.69) is 5.32 Å². The summed E-state index contributed by atoms with van der Waals surface area (Å²) >= 11 is 0. The highest BCUT2D eigenvalue weighted by atomic mass is 16.7. The van der Waals surface area contributed by atoms with Crippen molar-refractivity contribution in [2.45, 2.75) is 58.9 Å². The molecule has 0 unspecified atom stereocenters. The number of amides is 1. The zero-order chi connectivity index (χ0) is 24.5. The second-order valence-electron chi connectivity index (χ2n) is 8.02. The van der Waals surface area contributed by atoms with Crippen LogP contribution in [0.3, 0.4) is 0 Å². The summed E-state index contributed by atoms with van der Waals surface area (Å²) in [5.41, 5.74) is 0.605. The Balaban J connectivity index is 2.19. The van der Waals surface area contributed by atoms with Gasteiger partial charge in [-0.3, -0.25) is 9.59 Å². The summed E-state index contributed by atoms with van der Waals surface area (Å²) in [6, 6.07) is 7.01. The summed E-state index contributed by atoms with van der Waals surface area (Å²) in [4.78, 5) is 37.1. The zero-order valence-corrected chi connectivity index (χ0v) is 20.0. The number of para-hydroxylation sites is 1. The van der Waals surface area contributed by atoms with Gasteiger partial charge >= 0.3 is 18.0 Å². The molecule has 0 radical (unpaired) electrons. The van der Waals surface area contributed by atoms with E-state index in [0.29, 0.717) is 24.4 Å². The summed E-state index contributed by atoms with van der Waals surface area (Å²) < 4.78 is 28.4. The first kappa shape index (κ1) is 26.4. The molecule has 5 atom stereocenters. The van der Waals surface area contributed by atoms with E-state index in [1.54, 1.807) is 38.4 Å². The Morgan fingerprint density at radius 1 is 1.06 bits per heavy atom. The van der Waals surface area contributed by atoms with Crippen LogP contribution in [0, 0.1) is 5.92 Å². The number of rotatable bonds is 9. The average Bonchev–Trinajstić information content (AvgIpc) is 2.76. The standard InChI is InChI=1S/C23H34N2O8/c1-14-15(2)30-22(21(32-17(4)27)20(14)31-16(3)26)33-19-10-8-7-9-18(19)13-29-23(28)25(6)12-11-24-5/h7-10,14-15,20-22,24H,11-13H2,1-6H3/t14-,15-,20+,21-,22+/m1/s1. The Labute approximate surface area is 194 Å². The lowest BCUT2D eigenvalue weighted by atomic mass is 9.91. The number of benzene rings is 1. The van der Waals surface area contributed by atoms with Crippen molar-refractivity contribution in [2.75, 3.05) is 27.2 Å². The molecule has 0 aliphatic carbocycles. The van der Waals surface area contributed by atoms with E-state index in [-0.39, 0.29) is 18.6 Å². The molecule has 1 aliphatic heterocycles. The van der Waals surface area contributed by atoms with Crippen molar-refractivity contribution in [3.05, 3.63) is 29.8 Å². The van der Waals surface area contributed by atoms with Crippen molar-refractivity contribution in [3.63, 3.8) is 0 Å². The van der Waals surface area contributed by atoms with Crippen LogP contribution < -0.4 is 10.1 Å². The van der Waals surface area contributed by atoms with Gasteiger partial charge in [-0.2, -0.15) is 0 Å².